The molecule has 1 heterocycles. The second kappa shape index (κ2) is 9.94. The highest BCUT2D eigenvalue weighted by molar-refractivity contribution is 7.99. The van der Waals surface area contributed by atoms with Crippen molar-refractivity contribution in [2.45, 2.75) is 18.0 Å². The molecular weight excluding hydrogens is 426 g/mol. The van der Waals surface area contributed by atoms with Gasteiger partial charge in [-0.15, -0.1) is 0 Å². The number of benzene rings is 3. The normalized spacial score (nSPS) is 10.9. The molecule has 4 rings (SSSR count). The summed E-state index contributed by atoms with van der Waals surface area (Å²) in [7, 11) is 1.83. The van der Waals surface area contributed by atoms with Gasteiger partial charge in [-0.3, -0.25) is 4.79 Å². The molecular formula is C25H22ClN3OS. The fourth-order valence-corrected chi connectivity index (χ4v) is 4.29. The Kier molecular flexibility index (Phi) is 6.85. The van der Waals surface area contributed by atoms with Crippen LogP contribution < -0.4 is 0 Å². The smallest absolute Gasteiger partial charge is 0.233 e. The van der Waals surface area contributed by atoms with E-state index in [1.165, 1.54) is 11.8 Å². The molecule has 4 aromatic rings. The molecule has 0 fully saturated rings. The summed E-state index contributed by atoms with van der Waals surface area (Å²) in [4.78, 5) is 24.1. The Hall–Kier alpha value is -2.89. The summed E-state index contributed by atoms with van der Waals surface area (Å²) < 4.78 is 0. The molecule has 0 bridgehead atoms. The van der Waals surface area contributed by atoms with Crippen molar-refractivity contribution in [3.8, 4) is 0 Å². The molecule has 3 aromatic carbocycles. The van der Waals surface area contributed by atoms with Gasteiger partial charge in [0.1, 0.15) is 5.03 Å². The van der Waals surface area contributed by atoms with Crippen molar-refractivity contribution in [1.82, 2.24) is 14.9 Å². The number of fused-ring (bicyclic) bond motifs is 1. The monoisotopic (exact) mass is 447 g/mol. The first kappa shape index (κ1) is 21.3. The standard InChI is InChI=1S/C25H22ClN3OS/c1-29(16-19-7-3-2-4-8-19)24(30)17-31-25-23(15-18-11-13-20(26)14-12-18)27-21-9-5-6-10-22(21)28-25/h2-14H,15-17H2,1H3. The minimum Gasteiger partial charge on any atom is -0.341 e. The Morgan fingerprint density at radius 2 is 1.52 bits per heavy atom. The molecule has 156 valence electrons. The molecule has 0 spiro atoms. The number of nitrogens with zero attached hydrogens (tertiary/aromatic N) is 3. The van der Waals surface area contributed by atoms with Crippen LogP contribution in [-0.2, 0) is 17.8 Å². The summed E-state index contributed by atoms with van der Waals surface area (Å²) >= 11 is 7.46. The quantitative estimate of drug-likeness (QED) is 0.345. The number of hydrogen-bond acceptors (Lipinski definition) is 4. The van der Waals surface area contributed by atoms with Crippen molar-refractivity contribution >= 4 is 40.3 Å². The topological polar surface area (TPSA) is 46.1 Å². The van der Waals surface area contributed by atoms with Crippen LogP contribution in [0.3, 0.4) is 0 Å². The van der Waals surface area contributed by atoms with Crippen molar-refractivity contribution in [2.75, 3.05) is 12.8 Å². The molecule has 0 unspecified atom stereocenters. The number of para-hydroxylation sites is 2. The van der Waals surface area contributed by atoms with E-state index in [1.54, 1.807) is 4.90 Å². The summed E-state index contributed by atoms with van der Waals surface area (Å²) in [6.07, 6.45) is 0.630. The van der Waals surface area contributed by atoms with Crippen LogP contribution in [0.25, 0.3) is 11.0 Å². The maximum Gasteiger partial charge on any atom is 0.233 e. The van der Waals surface area contributed by atoms with E-state index < -0.39 is 0 Å². The molecule has 1 amide bonds. The molecule has 6 heteroatoms. The van der Waals surface area contributed by atoms with E-state index in [1.807, 2.05) is 85.9 Å². The highest BCUT2D eigenvalue weighted by Crippen LogP contribution is 2.25. The first-order chi connectivity index (χ1) is 15.1. The molecule has 0 saturated carbocycles. The highest BCUT2D eigenvalue weighted by Gasteiger charge is 2.15. The number of halogens is 1. The average molecular weight is 448 g/mol. The van der Waals surface area contributed by atoms with Gasteiger partial charge in [0.2, 0.25) is 5.91 Å². The molecule has 31 heavy (non-hydrogen) atoms. The van der Waals surface area contributed by atoms with E-state index >= 15 is 0 Å². The van der Waals surface area contributed by atoms with E-state index in [0.717, 1.165) is 32.9 Å². The van der Waals surface area contributed by atoms with Crippen LogP contribution in [0.5, 0.6) is 0 Å². The first-order valence-corrected chi connectivity index (χ1v) is 11.4. The zero-order chi connectivity index (χ0) is 21.6. The van der Waals surface area contributed by atoms with E-state index in [9.17, 15) is 4.79 Å². The average Bonchev–Trinajstić information content (AvgIpc) is 2.79. The Bertz CT molecular complexity index is 1180. The molecule has 0 aliphatic carbocycles. The van der Waals surface area contributed by atoms with Crippen molar-refractivity contribution < 1.29 is 4.79 Å². The third kappa shape index (κ3) is 5.63. The van der Waals surface area contributed by atoms with E-state index in [2.05, 4.69) is 0 Å². The van der Waals surface area contributed by atoms with E-state index in [-0.39, 0.29) is 5.91 Å². The Morgan fingerprint density at radius 3 is 2.23 bits per heavy atom. The van der Waals surface area contributed by atoms with Gasteiger partial charge in [-0.05, 0) is 35.4 Å². The summed E-state index contributed by atoms with van der Waals surface area (Å²) in [5.74, 6) is 0.366. The number of carbonyl (C=O) groups is 1. The Morgan fingerprint density at radius 1 is 0.871 bits per heavy atom. The van der Waals surface area contributed by atoms with Crippen LogP contribution in [0.1, 0.15) is 16.8 Å². The second-order valence-electron chi connectivity index (χ2n) is 7.29. The molecule has 4 nitrogen and oxygen atoms in total. The van der Waals surface area contributed by atoms with Gasteiger partial charge in [0, 0.05) is 25.0 Å². The van der Waals surface area contributed by atoms with Crippen molar-refractivity contribution in [2.24, 2.45) is 0 Å². The minimum absolute atomic E-state index is 0.0567. The third-order valence-electron chi connectivity index (χ3n) is 4.91. The molecule has 1 aromatic heterocycles. The van der Waals surface area contributed by atoms with Crippen LogP contribution in [-0.4, -0.2) is 33.6 Å². The van der Waals surface area contributed by atoms with Crippen molar-refractivity contribution in [3.05, 3.63) is 101 Å². The fraction of sp³-hybridized carbons (Fsp3) is 0.160. The lowest BCUT2D eigenvalue weighted by molar-refractivity contribution is -0.127. The van der Waals surface area contributed by atoms with Crippen LogP contribution in [0, 0.1) is 0 Å². The summed E-state index contributed by atoms with van der Waals surface area (Å²) in [6.45, 7) is 0.585. The lowest BCUT2D eigenvalue weighted by Gasteiger charge is -2.17. The summed E-state index contributed by atoms with van der Waals surface area (Å²) in [5.41, 5.74) is 4.75. The van der Waals surface area contributed by atoms with Crippen LogP contribution in [0.2, 0.25) is 5.02 Å². The molecule has 0 aliphatic heterocycles. The first-order valence-electron chi connectivity index (χ1n) is 9.99. The van der Waals surface area contributed by atoms with Gasteiger partial charge < -0.3 is 4.90 Å². The maximum absolute atomic E-state index is 12.7. The number of amides is 1. The predicted octanol–water partition coefficient (Wildman–Crippen LogP) is 5.62. The minimum atomic E-state index is 0.0567. The highest BCUT2D eigenvalue weighted by atomic mass is 35.5. The Labute approximate surface area is 191 Å². The zero-order valence-electron chi connectivity index (χ0n) is 17.2. The number of thioether (sulfide) groups is 1. The van der Waals surface area contributed by atoms with Gasteiger partial charge in [0.25, 0.3) is 0 Å². The predicted molar refractivity (Wildman–Crippen MR) is 127 cm³/mol. The van der Waals surface area contributed by atoms with Crippen LogP contribution in [0.15, 0.2) is 83.9 Å². The molecule has 0 saturated heterocycles. The summed E-state index contributed by atoms with van der Waals surface area (Å²) in [6, 6.07) is 25.5. The van der Waals surface area contributed by atoms with Crippen LogP contribution in [0.4, 0.5) is 0 Å². The lowest BCUT2D eigenvalue weighted by Crippen LogP contribution is -2.27. The zero-order valence-corrected chi connectivity index (χ0v) is 18.7. The molecule has 0 N–H and O–H groups in total. The molecule has 0 aliphatic rings. The van der Waals surface area contributed by atoms with Crippen LogP contribution >= 0.6 is 23.4 Å². The van der Waals surface area contributed by atoms with E-state index in [4.69, 9.17) is 21.6 Å². The van der Waals surface area contributed by atoms with Gasteiger partial charge in [-0.2, -0.15) is 0 Å². The SMILES string of the molecule is CN(Cc1ccccc1)C(=O)CSc1nc2ccccc2nc1Cc1ccc(Cl)cc1. The van der Waals surface area contributed by atoms with Gasteiger partial charge >= 0.3 is 0 Å². The number of aromatic nitrogens is 2. The number of carbonyl (C=O) groups excluding carboxylic acids is 1. The summed E-state index contributed by atoms with van der Waals surface area (Å²) in [5, 5.41) is 1.49. The number of rotatable bonds is 7. The second-order valence-corrected chi connectivity index (χ2v) is 8.69. The third-order valence-corrected chi connectivity index (χ3v) is 6.16. The lowest BCUT2D eigenvalue weighted by atomic mass is 10.1. The van der Waals surface area contributed by atoms with Gasteiger partial charge in [-0.1, -0.05) is 78.0 Å². The van der Waals surface area contributed by atoms with Gasteiger partial charge in [-0.25, -0.2) is 9.97 Å². The molecule has 0 radical (unpaired) electrons. The largest absolute Gasteiger partial charge is 0.341 e. The maximum atomic E-state index is 12.7. The number of hydrogen-bond donors (Lipinski definition) is 0. The fourth-order valence-electron chi connectivity index (χ4n) is 3.23. The van der Waals surface area contributed by atoms with E-state index in [0.29, 0.717) is 23.7 Å². The van der Waals surface area contributed by atoms with Gasteiger partial charge in [0.05, 0.1) is 22.5 Å². The van der Waals surface area contributed by atoms with Crippen molar-refractivity contribution in [1.29, 1.82) is 0 Å². The van der Waals surface area contributed by atoms with Gasteiger partial charge in [0.15, 0.2) is 0 Å². The Balaban J connectivity index is 1.52. The molecule has 0 atom stereocenters. The van der Waals surface area contributed by atoms with Crippen molar-refractivity contribution in [3.63, 3.8) is 0 Å².